The van der Waals surface area contributed by atoms with Crippen LogP contribution in [-0.4, -0.2) is 114 Å². The van der Waals surface area contributed by atoms with Gasteiger partial charge in [-0.05, 0) is 0 Å². The molecule has 0 saturated carbocycles. The summed E-state index contributed by atoms with van der Waals surface area (Å²) in [6.45, 7) is -1.37. The lowest BCUT2D eigenvalue weighted by Crippen LogP contribution is -2.36. The Labute approximate surface area is 222 Å². The lowest BCUT2D eigenvalue weighted by molar-refractivity contribution is -0.0496. The van der Waals surface area contributed by atoms with Gasteiger partial charge in [0.05, 0.1) is 37.6 Å². The molecule has 6 rings (SSSR count). The summed E-state index contributed by atoms with van der Waals surface area (Å²) < 4.78 is 32.8. The van der Waals surface area contributed by atoms with Crippen LogP contribution in [0.25, 0.3) is 22.2 Å². The number of aromatic amines is 1. The van der Waals surface area contributed by atoms with Crippen molar-refractivity contribution < 1.29 is 43.9 Å². The molecule has 9 atom stereocenters. The molecule has 0 aliphatic carbocycles. The van der Waals surface area contributed by atoms with Gasteiger partial charge < -0.3 is 49.6 Å². The smallest absolute Gasteiger partial charge is 0.338 e. The van der Waals surface area contributed by atoms with Gasteiger partial charge in [-0.2, -0.15) is 5.10 Å². The maximum atomic E-state index is 13.5. The number of nitrogens with zero attached hydrogens (tertiary/aromatic N) is 7. The van der Waals surface area contributed by atoms with E-state index in [-0.39, 0.29) is 28.0 Å². The quantitative estimate of drug-likeness (QED) is 0.107. The zero-order chi connectivity index (χ0) is 28.3. The third kappa shape index (κ3) is 4.19. The van der Waals surface area contributed by atoms with Gasteiger partial charge in [0.1, 0.15) is 48.0 Å². The molecule has 0 bridgehead atoms. The van der Waals surface area contributed by atoms with E-state index in [1.807, 2.05) is 0 Å². The molecule has 0 aromatic carbocycles. The van der Waals surface area contributed by atoms with Gasteiger partial charge in [0.15, 0.2) is 29.4 Å². The van der Waals surface area contributed by atoms with E-state index in [1.54, 1.807) is 0 Å². The largest absolute Gasteiger partial charge is 0.394 e. The molecule has 214 valence electrons. The van der Waals surface area contributed by atoms with E-state index in [4.69, 9.17) is 19.7 Å². The average Bonchev–Trinajstić information content (AvgIpc) is 3.68. The van der Waals surface area contributed by atoms with Crippen molar-refractivity contribution in [2.24, 2.45) is 0 Å². The highest BCUT2D eigenvalue weighted by Crippen LogP contribution is 2.57. The van der Waals surface area contributed by atoms with Gasteiger partial charge in [0, 0.05) is 0 Å². The molecule has 20 heteroatoms. The molecule has 19 nitrogen and oxygen atoms in total. The number of nitrogen functional groups attached to an aromatic ring is 1. The first-order valence-electron chi connectivity index (χ1n) is 11.9. The number of nitrogens with two attached hydrogens (primary N) is 1. The standard InChI is InChI=1S/C20H24N9O10P/c21-16-11-17(23-4-22-16)29(6-25-11)19-14(33)12(31)9(39-19)3-37-40(35,36)15-13(32)8(2-30)38-20(15)28-5-24-10-7(28)1-26-27-18(10)34/h1,4-6,8-9,12-15,19-20,30-33H,2-3H2,(H,27,34)(H,35,36)(H2,21,22,23)/t8-,9-,12-,13-,14-,15-,19-,20-/m1/s1. The Kier molecular flexibility index (Phi) is 6.64. The average molecular weight is 581 g/mol. The van der Waals surface area contributed by atoms with E-state index in [0.29, 0.717) is 0 Å². The van der Waals surface area contributed by atoms with Gasteiger partial charge in [0.2, 0.25) is 0 Å². The molecule has 40 heavy (non-hydrogen) atoms. The molecule has 2 aliphatic heterocycles. The van der Waals surface area contributed by atoms with E-state index in [1.165, 1.54) is 34.3 Å². The highest BCUT2D eigenvalue weighted by atomic mass is 31.2. The third-order valence-corrected chi connectivity index (χ3v) is 8.82. The van der Waals surface area contributed by atoms with Gasteiger partial charge in [-0.1, -0.05) is 0 Å². The molecule has 6 heterocycles. The van der Waals surface area contributed by atoms with Gasteiger partial charge in [-0.25, -0.2) is 25.0 Å². The van der Waals surface area contributed by atoms with Crippen LogP contribution >= 0.6 is 7.60 Å². The number of hydrogen-bond donors (Lipinski definition) is 7. The fraction of sp³-hybridized carbons (Fsp3) is 0.500. The predicted molar refractivity (Wildman–Crippen MR) is 130 cm³/mol. The summed E-state index contributed by atoms with van der Waals surface area (Å²) in [5, 5.41) is 47.7. The Bertz CT molecular complexity index is 1660. The Morgan fingerprint density at radius 2 is 1.73 bits per heavy atom. The predicted octanol–water partition coefficient (Wildman–Crippen LogP) is -3.02. The molecule has 0 amide bonds. The van der Waals surface area contributed by atoms with Crippen molar-refractivity contribution >= 4 is 35.6 Å². The number of nitrogens with one attached hydrogen (secondary N) is 1. The number of rotatable bonds is 7. The number of aliphatic hydroxyl groups excluding tert-OH is 4. The van der Waals surface area contributed by atoms with Crippen molar-refractivity contribution in [2.45, 2.75) is 48.6 Å². The van der Waals surface area contributed by atoms with Crippen LogP contribution in [0.3, 0.4) is 0 Å². The van der Waals surface area contributed by atoms with Crippen molar-refractivity contribution in [3.05, 3.63) is 35.5 Å². The number of imidazole rings is 2. The van der Waals surface area contributed by atoms with E-state index in [0.717, 1.165) is 0 Å². The molecule has 0 spiro atoms. The van der Waals surface area contributed by atoms with Crippen molar-refractivity contribution in [3.63, 3.8) is 0 Å². The highest BCUT2D eigenvalue weighted by Gasteiger charge is 2.55. The number of H-pyrrole nitrogens is 1. The Balaban J connectivity index is 1.24. The lowest BCUT2D eigenvalue weighted by atomic mass is 10.1. The third-order valence-electron chi connectivity index (χ3n) is 6.99. The Morgan fingerprint density at radius 3 is 2.50 bits per heavy atom. The van der Waals surface area contributed by atoms with E-state index in [2.05, 4.69) is 30.1 Å². The molecule has 2 aliphatic rings. The zero-order valence-corrected chi connectivity index (χ0v) is 21.2. The molecule has 4 aromatic heterocycles. The lowest BCUT2D eigenvalue weighted by Gasteiger charge is -2.27. The van der Waals surface area contributed by atoms with E-state index >= 15 is 0 Å². The second kappa shape index (κ2) is 9.91. The number of fused-ring (bicyclic) bond motifs is 2. The molecule has 0 radical (unpaired) electrons. The monoisotopic (exact) mass is 581 g/mol. The number of anilines is 1. The highest BCUT2D eigenvalue weighted by molar-refractivity contribution is 7.53. The minimum Gasteiger partial charge on any atom is -0.394 e. The van der Waals surface area contributed by atoms with Crippen molar-refractivity contribution in [1.82, 2.24) is 39.3 Å². The molecule has 2 saturated heterocycles. The number of aliphatic hydroxyl groups is 4. The van der Waals surface area contributed by atoms with Crippen LogP contribution in [0, 0.1) is 0 Å². The van der Waals surface area contributed by atoms with Crippen molar-refractivity contribution in [2.75, 3.05) is 18.9 Å². The van der Waals surface area contributed by atoms with Crippen molar-refractivity contribution in [3.8, 4) is 0 Å². The summed E-state index contributed by atoms with van der Waals surface area (Å²) in [4.78, 5) is 39.0. The van der Waals surface area contributed by atoms with Gasteiger partial charge >= 0.3 is 7.60 Å². The van der Waals surface area contributed by atoms with Gasteiger partial charge in [-0.3, -0.25) is 13.9 Å². The molecule has 8 N–H and O–H groups in total. The van der Waals surface area contributed by atoms with Crippen molar-refractivity contribution in [1.29, 1.82) is 0 Å². The summed E-state index contributed by atoms with van der Waals surface area (Å²) in [7, 11) is -4.83. The SMILES string of the molecule is Nc1ncnc2c1ncn2[C@@H]1O[C@H](COP(=O)(O)[C@@H]2[C@H](O)[C@@H](CO)O[C@H]2n2cnc3c(=O)[nH]ncc32)[C@@H](O)[C@H]1O. The fourth-order valence-electron chi connectivity index (χ4n) is 4.96. The summed E-state index contributed by atoms with van der Waals surface area (Å²) in [6.07, 6.45) is -4.99. The maximum absolute atomic E-state index is 13.5. The molecule has 2 fully saturated rings. The second-order valence-corrected chi connectivity index (χ2v) is 11.3. The van der Waals surface area contributed by atoms with Gasteiger partial charge in [0.25, 0.3) is 5.56 Å². The summed E-state index contributed by atoms with van der Waals surface area (Å²) >= 11 is 0. The first-order chi connectivity index (χ1) is 19.1. The molecule has 1 unspecified atom stereocenters. The molecular formula is C20H24N9O10P. The number of hydrogen-bond acceptors (Lipinski definition) is 15. The normalized spacial score (nSPS) is 32.2. The Morgan fingerprint density at radius 1 is 1.00 bits per heavy atom. The van der Waals surface area contributed by atoms with Crippen LogP contribution in [0.4, 0.5) is 5.82 Å². The summed E-state index contributed by atoms with van der Waals surface area (Å²) in [6, 6.07) is 0. The van der Waals surface area contributed by atoms with E-state index < -0.39 is 75.0 Å². The van der Waals surface area contributed by atoms with Crippen LogP contribution in [0.5, 0.6) is 0 Å². The molecule has 4 aromatic rings. The van der Waals surface area contributed by atoms with Crippen LogP contribution in [-0.2, 0) is 18.6 Å². The number of ether oxygens (including phenoxy) is 2. The zero-order valence-electron chi connectivity index (χ0n) is 20.3. The molecular weight excluding hydrogens is 557 g/mol. The minimum absolute atomic E-state index is 0.0328. The number of aromatic nitrogens is 8. The van der Waals surface area contributed by atoms with Crippen LogP contribution in [0.2, 0.25) is 0 Å². The topological polar surface area (TPSA) is 279 Å². The van der Waals surface area contributed by atoms with Crippen LogP contribution in [0.1, 0.15) is 12.5 Å². The van der Waals surface area contributed by atoms with Crippen LogP contribution < -0.4 is 11.3 Å². The Hall–Kier alpha value is -3.39. The summed E-state index contributed by atoms with van der Waals surface area (Å²) in [5.74, 6) is 0.0945. The maximum Gasteiger partial charge on any atom is 0.338 e. The van der Waals surface area contributed by atoms with E-state index in [9.17, 15) is 34.7 Å². The van der Waals surface area contributed by atoms with Gasteiger partial charge in [-0.15, -0.1) is 0 Å². The minimum atomic E-state index is -4.83. The first-order valence-corrected chi connectivity index (χ1v) is 13.5. The summed E-state index contributed by atoms with van der Waals surface area (Å²) in [5.41, 5.74) is 4.11. The second-order valence-electron chi connectivity index (χ2n) is 9.30. The first kappa shape index (κ1) is 26.8. The fourth-order valence-corrected chi connectivity index (χ4v) is 6.61. The van der Waals surface area contributed by atoms with Crippen LogP contribution in [0.15, 0.2) is 30.0 Å².